The van der Waals surface area contributed by atoms with Crippen LogP contribution in [0, 0.1) is 0 Å². The van der Waals surface area contributed by atoms with Crippen LogP contribution < -0.4 is 0 Å². The first-order chi connectivity index (χ1) is 14.1. The minimum atomic E-state index is -0.764. The van der Waals surface area contributed by atoms with Crippen molar-refractivity contribution in [1.29, 1.82) is 0 Å². The number of pyridine rings is 2. The molecule has 1 saturated heterocycles. The van der Waals surface area contributed by atoms with E-state index in [0.717, 1.165) is 5.56 Å². The van der Waals surface area contributed by atoms with E-state index in [1.807, 2.05) is 6.07 Å². The van der Waals surface area contributed by atoms with E-state index in [1.165, 1.54) is 4.90 Å². The molecule has 0 radical (unpaired) electrons. The van der Waals surface area contributed by atoms with Gasteiger partial charge in [0.25, 0.3) is 11.7 Å². The molecule has 0 bridgehead atoms. The highest BCUT2D eigenvalue weighted by molar-refractivity contribution is 6.46. The largest absolute Gasteiger partial charge is 0.507 e. The average Bonchev–Trinajstić information content (AvgIpc) is 3.00. The summed E-state index contributed by atoms with van der Waals surface area (Å²) in [5.74, 6) is -1.67. The van der Waals surface area contributed by atoms with Gasteiger partial charge in [-0.1, -0.05) is 23.7 Å². The predicted octanol–water partition coefficient (Wildman–Crippen LogP) is 3.75. The predicted molar refractivity (Wildman–Crippen MR) is 108 cm³/mol. The molecule has 3 aromatic rings. The number of hydrogen-bond acceptors (Lipinski definition) is 5. The Bertz CT molecular complexity index is 1080. The zero-order chi connectivity index (χ0) is 20.4. The minimum Gasteiger partial charge on any atom is -0.507 e. The number of amides is 1. The van der Waals surface area contributed by atoms with Crippen LogP contribution in [0.2, 0.25) is 5.02 Å². The Morgan fingerprint density at radius 2 is 1.69 bits per heavy atom. The number of ketones is 1. The lowest BCUT2D eigenvalue weighted by molar-refractivity contribution is -0.140. The van der Waals surface area contributed by atoms with Crippen LogP contribution in [-0.4, -0.2) is 31.7 Å². The fourth-order valence-electron chi connectivity index (χ4n) is 3.38. The van der Waals surface area contributed by atoms with E-state index >= 15 is 0 Å². The first kappa shape index (κ1) is 18.8. The Morgan fingerprint density at radius 1 is 1.00 bits per heavy atom. The smallest absolute Gasteiger partial charge is 0.295 e. The fourth-order valence-corrected chi connectivity index (χ4v) is 3.50. The number of hydrogen-bond donors (Lipinski definition) is 1. The number of aliphatic hydroxyl groups is 1. The molecule has 2 aromatic heterocycles. The van der Waals surface area contributed by atoms with Crippen molar-refractivity contribution in [2.24, 2.45) is 0 Å². The molecule has 144 valence electrons. The molecule has 7 heteroatoms. The van der Waals surface area contributed by atoms with Gasteiger partial charge < -0.3 is 10.0 Å². The van der Waals surface area contributed by atoms with E-state index in [0.29, 0.717) is 16.1 Å². The molecule has 1 atom stereocenters. The van der Waals surface area contributed by atoms with E-state index < -0.39 is 17.7 Å². The quantitative estimate of drug-likeness (QED) is 0.406. The average molecular weight is 406 g/mol. The molecule has 0 aliphatic carbocycles. The second kappa shape index (κ2) is 7.85. The molecule has 0 saturated carbocycles. The van der Waals surface area contributed by atoms with Crippen molar-refractivity contribution in [2.75, 3.05) is 0 Å². The third kappa shape index (κ3) is 3.62. The van der Waals surface area contributed by atoms with Gasteiger partial charge in [-0.15, -0.1) is 0 Å². The summed E-state index contributed by atoms with van der Waals surface area (Å²) in [6, 6.07) is 12.8. The molecular weight excluding hydrogens is 390 g/mol. The fraction of sp³-hybridized carbons (Fsp3) is 0.0909. The summed E-state index contributed by atoms with van der Waals surface area (Å²) in [6.07, 6.45) is 6.47. The zero-order valence-corrected chi connectivity index (χ0v) is 16.0. The van der Waals surface area contributed by atoms with Crippen molar-refractivity contribution >= 4 is 29.1 Å². The standard InChI is InChI=1S/C22H16ClN3O3/c23-17-7-5-15(6-8-17)20(27)18-19(16-4-2-10-25-12-16)26(22(29)21(18)28)13-14-3-1-9-24-11-14/h1-12,19,27H,13H2/b20-18+/t19-/m1/s1. The lowest BCUT2D eigenvalue weighted by atomic mass is 9.96. The van der Waals surface area contributed by atoms with Crippen LogP contribution in [0.4, 0.5) is 0 Å². The molecule has 6 nitrogen and oxygen atoms in total. The summed E-state index contributed by atoms with van der Waals surface area (Å²) in [5, 5.41) is 11.4. The van der Waals surface area contributed by atoms with Crippen LogP contribution in [0.25, 0.3) is 5.76 Å². The van der Waals surface area contributed by atoms with Crippen molar-refractivity contribution in [2.45, 2.75) is 12.6 Å². The van der Waals surface area contributed by atoms with Crippen LogP contribution in [0.15, 0.2) is 78.9 Å². The molecule has 1 aliphatic rings. The molecule has 1 aromatic carbocycles. The van der Waals surface area contributed by atoms with Gasteiger partial charge >= 0.3 is 0 Å². The first-order valence-corrected chi connectivity index (χ1v) is 9.27. The lowest BCUT2D eigenvalue weighted by Gasteiger charge is -2.25. The Morgan fingerprint density at radius 3 is 2.31 bits per heavy atom. The number of carbonyl (C=O) groups is 2. The monoisotopic (exact) mass is 405 g/mol. The highest BCUT2D eigenvalue weighted by atomic mass is 35.5. The third-order valence-corrected chi connectivity index (χ3v) is 4.99. The molecule has 29 heavy (non-hydrogen) atoms. The van der Waals surface area contributed by atoms with Crippen molar-refractivity contribution in [3.05, 3.63) is 101 Å². The van der Waals surface area contributed by atoms with Crippen molar-refractivity contribution in [1.82, 2.24) is 14.9 Å². The van der Waals surface area contributed by atoms with Gasteiger partial charge in [-0.05, 0) is 47.5 Å². The molecule has 4 rings (SSSR count). The highest BCUT2D eigenvalue weighted by Gasteiger charge is 2.46. The maximum atomic E-state index is 12.9. The molecule has 3 heterocycles. The van der Waals surface area contributed by atoms with Gasteiger partial charge in [0.1, 0.15) is 5.76 Å². The van der Waals surface area contributed by atoms with Gasteiger partial charge in [-0.2, -0.15) is 0 Å². The van der Waals surface area contributed by atoms with E-state index in [-0.39, 0.29) is 17.9 Å². The number of halogens is 1. The molecule has 0 unspecified atom stereocenters. The number of aliphatic hydroxyl groups excluding tert-OH is 1. The number of benzene rings is 1. The van der Waals surface area contributed by atoms with Crippen molar-refractivity contribution in [3.8, 4) is 0 Å². The second-order valence-electron chi connectivity index (χ2n) is 6.58. The molecule has 1 fully saturated rings. The molecule has 1 amide bonds. The summed E-state index contributed by atoms with van der Waals surface area (Å²) in [4.78, 5) is 35.4. The van der Waals surface area contributed by atoms with E-state index in [4.69, 9.17) is 11.6 Å². The summed E-state index contributed by atoms with van der Waals surface area (Å²) in [5.41, 5.74) is 1.83. The Balaban J connectivity index is 1.85. The molecule has 1 aliphatic heterocycles. The molecule has 1 N–H and O–H groups in total. The number of Topliss-reactive ketones (excluding diaryl/α,β-unsaturated/α-hetero) is 1. The normalized spacial score (nSPS) is 18.2. The number of nitrogens with zero attached hydrogens (tertiary/aromatic N) is 3. The topological polar surface area (TPSA) is 83.4 Å². The second-order valence-corrected chi connectivity index (χ2v) is 7.02. The van der Waals surface area contributed by atoms with Gasteiger partial charge in [0.2, 0.25) is 0 Å². The third-order valence-electron chi connectivity index (χ3n) is 4.73. The van der Waals surface area contributed by atoms with Gasteiger partial charge in [0, 0.05) is 41.9 Å². The lowest BCUT2D eigenvalue weighted by Crippen LogP contribution is -2.29. The molecule has 0 spiro atoms. The highest BCUT2D eigenvalue weighted by Crippen LogP contribution is 2.40. The Hall–Kier alpha value is -3.51. The van der Waals surface area contributed by atoms with Gasteiger partial charge in [0.15, 0.2) is 0 Å². The van der Waals surface area contributed by atoms with E-state index in [1.54, 1.807) is 67.3 Å². The van der Waals surface area contributed by atoms with E-state index in [2.05, 4.69) is 9.97 Å². The SMILES string of the molecule is O=C1C(=O)N(Cc2cccnc2)[C@H](c2cccnc2)/C1=C(\O)c1ccc(Cl)cc1. The Labute approximate surface area is 172 Å². The maximum Gasteiger partial charge on any atom is 0.295 e. The Kier molecular flexibility index (Phi) is 5.10. The first-order valence-electron chi connectivity index (χ1n) is 8.89. The van der Waals surface area contributed by atoms with Gasteiger partial charge in [0.05, 0.1) is 11.6 Å². The number of likely N-dealkylation sites (tertiary alicyclic amines) is 1. The zero-order valence-electron chi connectivity index (χ0n) is 15.2. The van der Waals surface area contributed by atoms with Crippen LogP contribution in [0.3, 0.4) is 0 Å². The summed E-state index contributed by atoms with van der Waals surface area (Å²) in [7, 11) is 0. The molecular formula is C22H16ClN3O3. The summed E-state index contributed by atoms with van der Waals surface area (Å²) >= 11 is 5.92. The van der Waals surface area contributed by atoms with Crippen molar-refractivity contribution in [3.63, 3.8) is 0 Å². The van der Waals surface area contributed by atoms with Crippen LogP contribution in [-0.2, 0) is 16.1 Å². The summed E-state index contributed by atoms with van der Waals surface area (Å²) < 4.78 is 0. The maximum absolute atomic E-state index is 12.9. The van der Waals surface area contributed by atoms with Gasteiger partial charge in [-0.3, -0.25) is 19.6 Å². The number of carbonyl (C=O) groups excluding carboxylic acids is 2. The summed E-state index contributed by atoms with van der Waals surface area (Å²) in [6.45, 7) is 0.176. The van der Waals surface area contributed by atoms with E-state index in [9.17, 15) is 14.7 Å². The van der Waals surface area contributed by atoms with Crippen LogP contribution >= 0.6 is 11.6 Å². The van der Waals surface area contributed by atoms with Crippen LogP contribution in [0.1, 0.15) is 22.7 Å². The minimum absolute atomic E-state index is 0.0224. The van der Waals surface area contributed by atoms with Crippen LogP contribution in [0.5, 0.6) is 0 Å². The number of aromatic nitrogens is 2. The number of rotatable bonds is 4. The van der Waals surface area contributed by atoms with Gasteiger partial charge in [-0.25, -0.2) is 0 Å². The van der Waals surface area contributed by atoms with Crippen molar-refractivity contribution < 1.29 is 14.7 Å².